The Balaban J connectivity index is 1.44. The third kappa shape index (κ3) is 6.11. The van der Waals surface area contributed by atoms with Crippen molar-refractivity contribution in [3.05, 3.63) is 83.4 Å². The fraction of sp³-hybridized carbons (Fsp3) is 0.250. The minimum atomic E-state index is -0.463. The summed E-state index contributed by atoms with van der Waals surface area (Å²) in [5.41, 5.74) is 2.06. The summed E-state index contributed by atoms with van der Waals surface area (Å²) >= 11 is 5.98. The molecule has 4 rings (SSSR count). The van der Waals surface area contributed by atoms with E-state index in [4.69, 9.17) is 16.6 Å². The largest absolute Gasteiger partial charge is 0.381 e. The molecule has 0 saturated heterocycles. The molecule has 8 heteroatoms. The maximum atomic E-state index is 13.5. The van der Waals surface area contributed by atoms with Gasteiger partial charge >= 0.3 is 0 Å². The Morgan fingerprint density at radius 3 is 2.50 bits per heavy atom. The fourth-order valence-electron chi connectivity index (χ4n) is 3.76. The van der Waals surface area contributed by atoms with E-state index in [1.807, 2.05) is 30.6 Å². The summed E-state index contributed by atoms with van der Waals surface area (Å²) in [5, 5.41) is 10.1. The van der Waals surface area contributed by atoms with Gasteiger partial charge < -0.3 is 15.6 Å². The van der Waals surface area contributed by atoms with Crippen molar-refractivity contribution in [2.45, 2.75) is 37.8 Å². The Bertz CT molecular complexity index is 1060. The zero-order valence-electron chi connectivity index (χ0n) is 17.4. The molecule has 1 fully saturated rings. The molecule has 1 aliphatic carbocycles. The van der Waals surface area contributed by atoms with Gasteiger partial charge in [-0.25, -0.2) is 9.38 Å². The van der Waals surface area contributed by atoms with Crippen LogP contribution in [0, 0.1) is 5.82 Å². The summed E-state index contributed by atoms with van der Waals surface area (Å²) in [4.78, 5) is 20.5. The highest BCUT2D eigenvalue weighted by molar-refractivity contribution is 6.30. The highest BCUT2D eigenvalue weighted by atomic mass is 35.5. The number of aliphatic imine (C=N–C) groups is 1. The lowest BCUT2D eigenvalue weighted by molar-refractivity contribution is 0.0976. The van der Waals surface area contributed by atoms with E-state index >= 15 is 0 Å². The van der Waals surface area contributed by atoms with Crippen LogP contribution in [0.15, 0.2) is 72.0 Å². The lowest BCUT2D eigenvalue weighted by Gasteiger charge is -2.28. The number of anilines is 2. The zero-order valence-corrected chi connectivity index (χ0v) is 18.2. The number of rotatable bonds is 5. The number of nitrogens with one attached hydrogen (secondary N) is 4. The number of hydrogen-bond acceptors (Lipinski definition) is 3. The van der Waals surface area contributed by atoms with Crippen LogP contribution in [-0.4, -0.2) is 28.9 Å². The number of aromatic nitrogens is 1. The van der Waals surface area contributed by atoms with E-state index in [-0.39, 0.29) is 11.6 Å². The van der Waals surface area contributed by atoms with E-state index in [1.165, 1.54) is 18.2 Å². The van der Waals surface area contributed by atoms with Gasteiger partial charge in [-0.15, -0.1) is 0 Å². The predicted molar refractivity (Wildman–Crippen MR) is 127 cm³/mol. The first kappa shape index (κ1) is 21.9. The average Bonchev–Trinajstić information content (AvgIpc) is 3.30. The van der Waals surface area contributed by atoms with Crippen molar-refractivity contribution in [1.29, 1.82) is 0 Å². The minimum absolute atomic E-state index is 0.0712. The number of aromatic amines is 1. The second kappa shape index (κ2) is 10.3. The molecule has 0 bridgehead atoms. The molecule has 1 amide bonds. The van der Waals surface area contributed by atoms with Crippen molar-refractivity contribution in [2.75, 3.05) is 10.6 Å². The van der Waals surface area contributed by atoms with E-state index in [2.05, 4.69) is 20.9 Å². The van der Waals surface area contributed by atoms with Crippen LogP contribution >= 0.6 is 11.6 Å². The topological polar surface area (TPSA) is 81.3 Å². The minimum Gasteiger partial charge on any atom is -0.381 e. The number of guanidine groups is 1. The van der Waals surface area contributed by atoms with Gasteiger partial charge in [0.25, 0.3) is 5.91 Å². The van der Waals surface area contributed by atoms with Gasteiger partial charge in [-0.1, -0.05) is 17.7 Å². The standard InChI is InChI=1S/C24H25ClFN5O/c25-17-4-6-20(7-5-17)29-24(31-23(32)16-2-1-3-18(26)14-16)30-21-10-8-19(9-11-21)28-22-12-13-27-15-22/h1-7,12-15,19,21,27-28H,8-11H2,(H2,29,30,31,32). The normalized spacial score (nSPS) is 18.8. The Hall–Kier alpha value is -3.32. The zero-order chi connectivity index (χ0) is 22.3. The summed E-state index contributed by atoms with van der Waals surface area (Å²) in [6.45, 7) is 0. The Kier molecular flexibility index (Phi) is 7.07. The molecule has 0 unspecified atom stereocenters. The molecule has 1 aromatic heterocycles. The van der Waals surface area contributed by atoms with E-state index in [0.29, 0.717) is 17.0 Å². The molecule has 3 aromatic rings. The SMILES string of the molecule is O=C(NC(=NC1CCC(Nc2cc[nH]c2)CC1)Nc1ccc(Cl)cc1)c1cccc(F)c1. The molecule has 0 atom stereocenters. The molecule has 0 radical (unpaired) electrons. The summed E-state index contributed by atoms with van der Waals surface area (Å²) in [6.07, 6.45) is 7.58. The highest BCUT2D eigenvalue weighted by Crippen LogP contribution is 2.24. The smallest absolute Gasteiger partial charge is 0.258 e. The van der Waals surface area contributed by atoms with Crippen LogP contribution in [0.25, 0.3) is 0 Å². The van der Waals surface area contributed by atoms with Crippen LogP contribution in [0.5, 0.6) is 0 Å². The van der Waals surface area contributed by atoms with Crippen LogP contribution < -0.4 is 16.0 Å². The van der Waals surface area contributed by atoms with Crippen molar-refractivity contribution < 1.29 is 9.18 Å². The van der Waals surface area contributed by atoms with E-state index < -0.39 is 11.7 Å². The molecule has 0 spiro atoms. The van der Waals surface area contributed by atoms with Crippen molar-refractivity contribution in [3.63, 3.8) is 0 Å². The first-order chi connectivity index (χ1) is 15.5. The number of hydrogen-bond donors (Lipinski definition) is 4. The van der Waals surface area contributed by atoms with Gasteiger partial charge in [0.15, 0.2) is 0 Å². The Morgan fingerprint density at radius 2 is 1.81 bits per heavy atom. The highest BCUT2D eigenvalue weighted by Gasteiger charge is 2.22. The number of halogens is 2. The quantitative estimate of drug-likeness (QED) is 0.307. The number of nitrogens with zero attached hydrogens (tertiary/aromatic N) is 1. The molecular formula is C24H25ClFN5O. The van der Waals surface area contributed by atoms with Gasteiger partial charge in [0.05, 0.1) is 11.7 Å². The summed E-state index contributed by atoms with van der Waals surface area (Å²) in [6, 6.07) is 15.2. The van der Waals surface area contributed by atoms with Crippen molar-refractivity contribution in [1.82, 2.24) is 10.3 Å². The van der Waals surface area contributed by atoms with Gasteiger partial charge in [-0.05, 0) is 74.2 Å². The predicted octanol–water partition coefficient (Wildman–Crippen LogP) is 5.43. The molecule has 32 heavy (non-hydrogen) atoms. The average molecular weight is 454 g/mol. The molecular weight excluding hydrogens is 429 g/mol. The van der Waals surface area contributed by atoms with Gasteiger partial charge in [-0.3, -0.25) is 10.1 Å². The molecule has 2 aromatic carbocycles. The summed E-state index contributed by atoms with van der Waals surface area (Å²) in [7, 11) is 0. The fourth-order valence-corrected chi connectivity index (χ4v) is 3.88. The monoisotopic (exact) mass is 453 g/mol. The number of H-pyrrole nitrogens is 1. The van der Waals surface area contributed by atoms with Crippen LogP contribution in [0.2, 0.25) is 5.02 Å². The third-order valence-corrected chi connectivity index (χ3v) is 5.65. The first-order valence-corrected chi connectivity index (χ1v) is 11.0. The maximum Gasteiger partial charge on any atom is 0.258 e. The lowest BCUT2D eigenvalue weighted by atomic mass is 9.91. The van der Waals surface area contributed by atoms with Crippen LogP contribution in [0.3, 0.4) is 0 Å². The van der Waals surface area contributed by atoms with Gasteiger partial charge in [0.2, 0.25) is 5.96 Å². The second-order valence-electron chi connectivity index (χ2n) is 7.82. The van der Waals surface area contributed by atoms with E-state index in [0.717, 1.165) is 37.1 Å². The summed E-state index contributed by atoms with van der Waals surface area (Å²) < 4.78 is 13.5. The molecule has 166 valence electrons. The summed E-state index contributed by atoms with van der Waals surface area (Å²) in [5.74, 6) is -0.550. The molecule has 1 aliphatic rings. The van der Waals surface area contributed by atoms with Gasteiger partial charge in [0, 0.05) is 34.7 Å². The Labute approximate surface area is 191 Å². The third-order valence-electron chi connectivity index (χ3n) is 5.40. The van der Waals surface area contributed by atoms with Crippen molar-refractivity contribution >= 4 is 34.8 Å². The Morgan fingerprint density at radius 1 is 1.03 bits per heavy atom. The molecule has 4 N–H and O–H groups in total. The molecule has 6 nitrogen and oxygen atoms in total. The number of carbonyl (C=O) groups is 1. The van der Waals surface area contributed by atoms with Gasteiger partial charge in [-0.2, -0.15) is 0 Å². The van der Waals surface area contributed by atoms with Crippen molar-refractivity contribution in [3.8, 4) is 0 Å². The second-order valence-corrected chi connectivity index (χ2v) is 8.26. The lowest BCUT2D eigenvalue weighted by Crippen LogP contribution is -2.38. The number of carbonyl (C=O) groups excluding carboxylic acids is 1. The molecule has 0 aliphatic heterocycles. The van der Waals surface area contributed by atoms with Crippen LogP contribution in [-0.2, 0) is 0 Å². The van der Waals surface area contributed by atoms with E-state index in [9.17, 15) is 9.18 Å². The number of benzene rings is 2. The van der Waals surface area contributed by atoms with Gasteiger partial charge in [0.1, 0.15) is 5.82 Å². The van der Waals surface area contributed by atoms with Crippen LogP contribution in [0.4, 0.5) is 15.8 Å². The van der Waals surface area contributed by atoms with E-state index in [1.54, 1.807) is 18.2 Å². The number of amides is 1. The molecule has 1 heterocycles. The maximum absolute atomic E-state index is 13.5. The molecule has 1 saturated carbocycles. The van der Waals surface area contributed by atoms with Crippen molar-refractivity contribution in [2.24, 2.45) is 4.99 Å². The first-order valence-electron chi connectivity index (χ1n) is 10.6. The van der Waals surface area contributed by atoms with Crippen LogP contribution in [0.1, 0.15) is 36.0 Å².